The van der Waals surface area contributed by atoms with Crippen LogP contribution in [-0.4, -0.2) is 44.6 Å². The van der Waals surface area contributed by atoms with Gasteiger partial charge in [0, 0.05) is 10.9 Å². The standard InChI is InChI=1S/C19H19N3O6S2.C17H14N4O3.Cr.Li/c1-3-30(27,28)13-8-10-16(23)15(11-13)20-21-19-17(24)9-7-12-5-4-6-14(18(12)19)22-29(2,25)26;1-11-15(16(22)21(20-11)12-7-3-2-4-8-12)19-18-14-10-6-5-9-13(14)17(23)24;;/h4-11,22-24H,3H2,1-2H3;2-10,20H,1H3,(H,23,24);;/q;;+3;+1/p-3. The minimum Gasteiger partial charge on any atom is -0.871 e. The number of aromatic carboxylic acids is 1. The molecule has 6 rings (SSSR count). The Labute approximate surface area is 343 Å². The zero-order valence-electron chi connectivity index (χ0n) is 30.2. The predicted molar refractivity (Wildman–Crippen MR) is 196 cm³/mol. The first kappa shape index (κ1) is 44.9. The molecule has 0 fully saturated rings. The van der Waals surface area contributed by atoms with Gasteiger partial charge >= 0.3 is 36.2 Å². The molecule has 1 aromatic heterocycles. The molecule has 1 radical (unpaired) electrons. The van der Waals surface area contributed by atoms with Gasteiger partial charge in [-0.15, -0.1) is 10.2 Å². The van der Waals surface area contributed by atoms with Crippen LogP contribution in [0.25, 0.3) is 16.5 Å². The number of benzene rings is 5. The summed E-state index contributed by atoms with van der Waals surface area (Å²) < 4.78 is 51.2. The van der Waals surface area contributed by atoms with Crippen molar-refractivity contribution in [3.63, 3.8) is 0 Å². The van der Waals surface area contributed by atoms with Crippen LogP contribution in [-0.2, 0) is 37.2 Å². The van der Waals surface area contributed by atoms with E-state index in [0.717, 1.165) is 18.4 Å². The third-order valence-corrected chi connectivity index (χ3v) is 9.96. The normalized spacial score (nSPS) is 11.4. The second-order valence-corrected chi connectivity index (χ2v) is 15.5. The Morgan fingerprint density at radius 1 is 0.786 bits per heavy atom. The second-order valence-electron chi connectivity index (χ2n) is 11.5. The van der Waals surface area contributed by atoms with Crippen molar-refractivity contribution in [1.29, 1.82) is 0 Å². The van der Waals surface area contributed by atoms with Gasteiger partial charge in [-0.3, -0.25) is 14.6 Å². The molecule has 0 amide bonds. The minimum absolute atomic E-state index is 0. The fraction of sp³-hybridized carbons (Fsp3) is 0.111. The Hall–Kier alpha value is -5.53. The molecular formula is C36H30CrLiN7O9S2+. The molecule has 6 aromatic rings. The van der Waals surface area contributed by atoms with Gasteiger partial charge in [-0.2, -0.15) is 10.2 Å². The number of hydrogen-bond acceptors (Lipinski definition) is 13. The van der Waals surface area contributed by atoms with E-state index in [9.17, 15) is 41.7 Å². The Morgan fingerprint density at radius 2 is 1.41 bits per heavy atom. The van der Waals surface area contributed by atoms with E-state index >= 15 is 0 Å². The summed E-state index contributed by atoms with van der Waals surface area (Å²) in [7, 11) is -7.21. The van der Waals surface area contributed by atoms with Gasteiger partial charge < -0.3 is 20.1 Å². The fourth-order valence-corrected chi connectivity index (χ4v) is 6.49. The zero-order valence-corrected chi connectivity index (χ0v) is 33.1. The van der Waals surface area contributed by atoms with Crippen LogP contribution in [0.3, 0.4) is 0 Å². The largest absolute Gasteiger partial charge is 3.00 e. The zero-order chi connectivity index (χ0) is 39.2. The number of aromatic nitrogens is 2. The van der Waals surface area contributed by atoms with Crippen LogP contribution in [0.1, 0.15) is 23.0 Å². The van der Waals surface area contributed by atoms with Gasteiger partial charge in [0.05, 0.1) is 57.0 Å². The summed E-state index contributed by atoms with van der Waals surface area (Å²) in [6.45, 7) is 3.16. The molecule has 0 atom stereocenters. The first-order chi connectivity index (χ1) is 25.6. The first-order valence-electron chi connectivity index (χ1n) is 15.8. The number of sulfone groups is 1. The van der Waals surface area contributed by atoms with Crippen molar-refractivity contribution in [3.05, 3.63) is 125 Å². The maximum Gasteiger partial charge on any atom is 3.00 e. The maximum absolute atomic E-state index is 12.5. The summed E-state index contributed by atoms with van der Waals surface area (Å²) in [5, 5.41) is 54.8. The number of carboxylic acids is 1. The summed E-state index contributed by atoms with van der Waals surface area (Å²) in [6, 6.07) is 25.9. The van der Waals surface area contributed by atoms with Crippen LogP contribution >= 0.6 is 0 Å². The van der Waals surface area contributed by atoms with Gasteiger partial charge in [0.25, 0.3) is 5.56 Å². The Kier molecular flexibility index (Phi) is 15.1. The van der Waals surface area contributed by atoms with Gasteiger partial charge in [-0.1, -0.05) is 85.2 Å². The molecule has 0 saturated carbocycles. The van der Waals surface area contributed by atoms with E-state index in [1.165, 1.54) is 48.0 Å². The number of anilines is 1. The number of rotatable bonds is 10. The van der Waals surface area contributed by atoms with Gasteiger partial charge in [-0.05, 0) is 48.7 Å². The minimum atomic E-state index is -3.64. The van der Waals surface area contributed by atoms with E-state index in [-0.39, 0.29) is 91.8 Å². The molecule has 0 aliphatic carbocycles. The van der Waals surface area contributed by atoms with Gasteiger partial charge in [-0.25, -0.2) is 21.5 Å². The molecule has 281 valence electrons. The number of fused-ring (bicyclic) bond motifs is 1. The molecule has 0 bridgehead atoms. The number of azo groups is 2. The summed E-state index contributed by atoms with van der Waals surface area (Å²) in [6.07, 6.45) is 0.970. The average Bonchev–Trinajstić information content (AvgIpc) is 3.43. The van der Waals surface area contributed by atoms with Crippen molar-refractivity contribution >= 4 is 65.0 Å². The first-order valence-corrected chi connectivity index (χ1v) is 19.4. The summed E-state index contributed by atoms with van der Waals surface area (Å²) >= 11 is 0. The van der Waals surface area contributed by atoms with Crippen LogP contribution < -0.4 is 44.5 Å². The quantitative estimate of drug-likeness (QED) is 0.151. The van der Waals surface area contributed by atoms with Crippen LogP contribution in [0, 0.1) is 6.92 Å². The predicted octanol–water partition coefficient (Wildman–Crippen LogP) is 1.82. The molecule has 56 heavy (non-hydrogen) atoms. The van der Waals surface area contributed by atoms with Crippen molar-refractivity contribution in [2.75, 3.05) is 16.7 Å². The fourth-order valence-electron chi connectivity index (χ4n) is 5.02. The number of hydrogen-bond donors (Lipinski definition) is 2. The number of carboxylic acid groups (broad SMARTS) is 1. The Bertz CT molecular complexity index is 2720. The number of sulfonamides is 1. The molecule has 1 heterocycles. The third kappa shape index (κ3) is 10.6. The van der Waals surface area contributed by atoms with Gasteiger partial charge in [0.2, 0.25) is 10.0 Å². The molecule has 0 aliphatic heterocycles. The van der Waals surface area contributed by atoms with Crippen LogP contribution in [0.15, 0.2) is 133 Å². The maximum atomic E-state index is 12.5. The smallest absolute Gasteiger partial charge is 0.871 e. The SMILES string of the molecule is CCS(=O)(=O)c1ccc([O-])c(N=Nc2c([O-])ccc3cccc(NS(C)(=O)=O)c23)c1.Cc1[nH]n(-c2ccccc2)c(=O)c1N=Nc1ccccc1C(=O)[O-].[Cr+3].[Li+]. The van der Waals surface area contributed by atoms with Crippen molar-refractivity contribution in [2.24, 2.45) is 20.5 Å². The average molecular weight is 828 g/mol. The Morgan fingerprint density at radius 3 is 2.07 bits per heavy atom. The molecule has 5 aromatic carbocycles. The summed E-state index contributed by atoms with van der Waals surface area (Å²) in [5.74, 6) is -2.62. The van der Waals surface area contributed by atoms with E-state index < -0.39 is 37.3 Å². The number of nitrogens with one attached hydrogen (secondary N) is 2. The van der Waals surface area contributed by atoms with Crippen molar-refractivity contribution in [2.45, 2.75) is 18.7 Å². The molecule has 0 aliphatic rings. The number of carbonyl (C=O) groups is 1. The molecule has 16 nitrogen and oxygen atoms in total. The van der Waals surface area contributed by atoms with Crippen molar-refractivity contribution in [3.8, 4) is 17.2 Å². The summed E-state index contributed by atoms with van der Waals surface area (Å²) in [4.78, 5) is 23.5. The summed E-state index contributed by atoms with van der Waals surface area (Å²) in [5.41, 5.74) is 0.686. The van der Waals surface area contributed by atoms with Crippen LogP contribution in [0.4, 0.5) is 28.4 Å². The molecule has 0 unspecified atom stereocenters. The number of aryl methyl sites for hydroxylation is 1. The number of para-hydroxylation sites is 1. The third-order valence-electron chi connectivity index (χ3n) is 7.64. The molecule has 20 heteroatoms. The molecule has 0 spiro atoms. The number of aromatic amines is 1. The molecule has 2 N–H and O–H groups in total. The van der Waals surface area contributed by atoms with Gasteiger partial charge in [0.15, 0.2) is 15.5 Å². The van der Waals surface area contributed by atoms with Crippen molar-refractivity contribution in [1.82, 2.24) is 9.78 Å². The van der Waals surface area contributed by atoms with Crippen LogP contribution in [0.5, 0.6) is 11.5 Å². The van der Waals surface area contributed by atoms with Crippen LogP contribution in [0.2, 0.25) is 0 Å². The Balaban J connectivity index is 0.000000296. The molecular weight excluding hydrogens is 798 g/mol. The number of carbonyl (C=O) groups excluding carboxylic acids is 1. The van der Waals surface area contributed by atoms with E-state index in [4.69, 9.17) is 0 Å². The second kappa shape index (κ2) is 18.9. The molecule has 0 saturated heterocycles. The number of H-pyrrole nitrogens is 1. The van der Waals surface area contributed by atoms with Crippen molar-refractivity contribution < 1.29 is 73.2 Å². The monoisotopic (exact) mass is 827 g/mol. The van der Waals surface area contributed by atoms with Gasteiger partial charge in [0.1, 0.15) is 0 Å². The van der Waals surface area contributed by atoms with E-state index in [2.05, 4.69) is 30.3 Å². The number of nitrogens with zero attached hydrogens (tertiary/aromatic N) is 5. The van der Waals surface area contributed by atoms with E-state index in [1.807, 2.05) is 18.2 Å². The topological polar surface area (TPSA) is 254 Å². The van der Waals surface area contributed by atoms with E-state index in [0.29, 0.717) is 16.8 Å². The van der Waals surface area contributed by atoms with E-state index in [1.54, 1.807) is 43.3 Å².